The maximum Gasteiger partial charge on any atom is 0.294 e. The van der Waals surface area contributed by atoms with Crippen LogP contribution in [0.15, 0.2) is 53.8 Å². The van der Waals surface area contributed by atoms with E-state index >= 15 is 0 Å². The van der Waals surface area contributed by atoms with E-state index in [0.717, 1.165) is 0 Å². The van der Waals surface area contributed by atoms with Crippen LogP contribution in [0.3, 0.4) is 0 Å². The van der Waals surface area contributed by atoms with Gasteiger partial charge in [0.05, 0.1) is 23.7 Å². The lowest BCUT2D eigenvalue weighted by Gasteiger charge is -2.27. The Kier molecular flexibility index (Phi) is 5.34. The molecule has 3 rings (SSSR count). The van der Waals surface area contributed by atoms with Crippen molar-refractivity contribution in [1.82, 2.24) is 0 Å². The summed E-state index contributed by atoms with van der Waals surface area (Å²) < 4.78 is 5.23. The number of anilines is 1. The molecule has 0 saturated carbocycles. The van der Waals surface area contributed by atoms with Gasteiger partial charge in [0.15, 0.2) is 11.5 Å². The predicted molar refractivity (Wildman–Crippen MR) is 106 cm³/mol. The van der Waals surface area contributed by atoms with E-state index in [0.29, 0.717) is 17.0 Å². The number of hydrogen-bond donors (Lipinski definition) is 2. The van der Waals surface area contributed by atoms with Crippen molar-refractivity contribution in [3.8, 4) is 11.5 Å². The van der Waals surface area contributed by atoms with Crippen LogP contribution < -0.4 is 9.64 Å². The third-order valence-corrected chi connectivity index (χ3v) is 4.92. The van der Waals surface area contributed by atoms with Crippen LogP contribution in [0, 0.1) is 5.92 Å². The molecule has 2 N–H and O–H groups in total. The fourth-order valence-electron chi connectivity index (χ4n) is 3.20. The van der Waals surface area contributed by atoms with Gasteiger partial charge in [0, 0.05) is 17.7 Å². The monoisotopic (exact) mass is 401 g/mol. The maximum absolute atomic E-state index is 12.9. The Morgan fingerprint density at radius 1 is 1.18 bits per heavy atom. The third-order valence-electron chi connectivity index (χ3n) is 4.62. The van der Waals surface area contributed by atoms with Crippen molar-refractivity contribution in [2.45, 2.75) is 19.9 Å². The molecule has 2 aromatic rings. The lowest BCUT2D eigenvalue weighted by Crippen LogP contribution is -2.31. The van der Waals surface area contributed by atoms with Gasteiger partial charge >= 0.3 is 0 Å². The molecule has 0 saturated heterocycles. The molecule has 0 fully saturated rings. The molecular formula is C21H20ClNO5. The lowest BCUT2D eigenvalue weighted by atomic mass is 9.91. The summed E-state index contributed by atoms with van der Waals surface area (Å²) in [6.45, 7) is 3.39. The minimum atomic E-state index is -0.882. The summed E-state index contributed by atoms with van der Waals surface area (Å²) in [4.78, 5) is 27.1. The Labute approximate surface area is 167 Å². The van der Waals surface area contributed by atoms with Gasteiger partial charge in [0.1, 0.15) is 11.5 Å². The number of halogens is 1. The number of benzene rings is 2. The van der Waals surface area contributed by atoms with E-state index in [1.54, 1.807) is 44.2 Å². The van der Waals surface area contributed by atoms with Crippen LogP contribution in [0.5, 0.6) is 11.5 Å². The molecule has 1 amide bonds. The highest BCUT2D eigenvalue weighted by atomic mass is 35.5. The van der Waals surface area contributed by atoms with Gasteiger partial charge in [-0.2, -0.15) is 0 Å². The van der Waals surface area contributed by atoms with Gasteiger partial charge in [0.25, 0.3) is 5.91 Å². The third kappa shape index (κ3) is 3.31. The molecule has 2 aromatic carbocycles. The maximum atomic E-state index is 12.9. The first-order valence-corrected chi connectivity index (χ1v) is 9.07. The van der Waals surface area contributed by atoms with Gasteiger partial charge in [-0.25, -0.2) is 0 Å². The van der Waals surface area contributed by atoms with Crippen molar-refractivity contribution in [3.63, 3.8) is 0 Å². The Bertz CT molecular complexity index is 983. The summed E-state index contributed by atoms with van der Waals surface area (Å²) in [6.07, 6.45) is 0. The molecular weight excluding hydrogens is 382 g/mol. The van der Waals surface area contributed by atoms with Crippen molar-refractivity contribution < 1.29 is 24.5 Å². The smallest absolute Gasteiger partial charge is 0.294 e. The van der Waals surface area contributed by atoms with Crippen molar-refractivity contribution >= 4 is 29.0 Å². The molecule has 0 aromatic heterocycles. The number of ketones is 1. The van der Waals surface area contributed by atoms with Gasteiger partial charge in [-0.3, -0.25) is 14.5 Å². The number of aromatic hydroxyl groups is 1. The number of carbonyl (C=O) groups is 2. The summed E-state index contributed by atoms with van der Waals surface area (Å²) in [5.74, 6) is -1.64. The molecule has 6 nitrogen and oxygen atoms in total. The summed E-state index contributed by atoms with van der Waals surface area (Å²) >= 11 is 6.06. The van der Waals surface area contributed by atoms with Crippen LogP contribution in [0.2, 0.25) is 5.02 Å². The van der Waals surface area contributed by atoms with Crippen LogP contribution in [0.1, 0.15) is 25.5 Å². The zero-order valence-electron chi connectivity index (χ0n) is 15.6. The predicted octanol–water partition coefficient (Wildman–Crippen LogP) is 4.18. The van der Waals surface area contributed by atoms with Gasteiger partial charge in [-0.15, -0.1) is 0 Å². The van der Waals surface area contributed by atoms with E-state index in [2.05, 4.69) is 0 Å². The first kappa shape index (κ1) is 19.8. The number of ether oxygens (including phenoxy) is 1. The summed E-state index contributed by atoms with van der Waals surface area (Å²) in [5, 5.41) is 20.4. The number of hydrogen-bond acceptors (Lipinski definition) is 5. The van der Waals surface area contributed by atoms with Gasteiger partial charge in [-0.05, 0) is 29.8 Å². The number of aliphatic hydroxyl groups is 1. The Morgan fingerprint density at radius 2 is 1.89 bits per heavy atom. The number of methoxy groups -OCH3 is 1. The molecule has 0 spiro atoms. The van der Waals surface area contributed by atoms with E-state index in [4.69, 9.17) is 16.3 Å². The second-order valence-electron chi connectivity index (χ2n) is 6.77. The Morgan fingerprint density at radius 3 is 2.50 bits per heavy atom. The summed E-state index contributed by atoms with van der Waals surface area (Å²) in [7, 11) is 1.51. The second kappa shape index (κ2) is 7.56. The number of rotatable bonds is 5. The van der Waals surface area contributed by atoms with Gasteiger partial charge in [0.2, 0.25) is 0 Å². The van der Waals surface area contributed by atoms with Crippen LogP contribution in [-0.2, 0) is 9.59 Å². The van der Waals surface area contributed by atoms with Gasteiger partial charge < -0.3 is 14.9 Å². The number of Topliss-reactive ketones (excluding diaryl/α,β-unsaturated/α-hetero) is 1. The SMILES string of the molecule is COc1cccc(N2C(=O)C(O)=C(C(=O)C(C)C)C2c2ccc(O)c(Cl)c2)c1. The zero-order valence-corrected chi connectivity index (χ0v) is 16.4. The van der Waals surface area contributed by atoms with Crippen LogP contribution >= 0.6 is 11.6 Å². The number of amides is 1. The first-order chi connectivity index (χ1) is 13.3. The number of nitrogens with zero attached hydrogens (tertiary/aromatic N) is 1. The largest absolute Gasteiger partial charge is 0.506 e. The molecule has 1 atom stereocenters. The fraction of sp³-hybridized carbons (Fsp3) is 0.238. The van der Waals surface area contributed by atoms with E-state index in [1.807, 2.05) is 0 Å². The molecule has 0 aliphatic carbocycles. The minimum Gasteiger partial charge on any atom is -0.506 e. The van der Waals surface area contributed by atoms with Crippen molar-refractivity contribution in [2.24, 2.45) is 5.92 Å². The second-order valence-corrected chi connectivity index (χ2v) is 7.18. The Hall–Kier alpha value is -2.99. The van der Waals surface area contributed by atoms with E-state index < -0.39 is 23.6 Å². The molecule has 1 aliphatic rings. The minimum absolute atomic E-state index is 0.00424. The highest BCUT2D eigenvalue weighted by molar-refractivity contribution is 6.32. The highest BCUT2D eigenvalue weighted by Crippen LogP contribution is 2.43. The van der Waals surface area contributed by atoms with Gasteiger partial charge in [-0.1, -0.05) is 37.6 Å². The molecule has 1 unspecified atom stereocenters. The molecule has 1 aliphatic heterocycles. The number of aliphatic hydroxyl groups excluding tert-OH is 1. The quantitative estimate of drug-likeness (QED) is 0.784. The van der Waals surface area contributed by atoms with E-state index in [1.165, 1.54) is 24.1 Å². The van der Waals surface area contributed by atoms with Crippen LogP contribution in [-0.4, -0.2) is 29.0 Å². The van der Waals surface area contributed by atoms with Crippen molar-refractivity contribution in [1.29, 1.82) is 0 Å². The molecule has 146 valence electrons. The average molecular weight is 402 g/mol. The number of phenolic OH excluding ortho intramolecular Hbond substituents is 1. The van der Waals surface area contributed by atoms with Crippen LogP contribution in [0.4, 0.5) is 5.69 Å². The molecule has 0 bridgehead atoms. The van der Waals surface area contributed by atoms with E-state index in [9.17, 15) is 19.8 Å². The topological polar surface area (TPSA) is 87.1 Å². The molecule has 1 heterocycles. The Balaban J connectivity index is 2.21. The zero-order chi connectivity index (χ0) is 20.6. The van der Waals surface area contributed by atoms with Crippen LogP contribution in [0.25, 0.3) is 0 Å². The van der Waals surface area contributed by atoms with Crippen molar-refractivity contribution in [2.75, 3.05) is 12.0 Å². The molecule has 7 heteroatoms. The number of carbonyl (C=O) groups excluding carboxylic acids is 2. The standard InChI is InChI=1S/C21H20ClNO5/c1-11(2)19(25)17-18(12-7-8-16(24)15(22)9-12)23(21(27)20(17)26)13-5-4-6-14(10-13)28-3/h4-11,18,24,26H,1-3H3. The molecule has 28 heavy (non-hydrogen) atoms. The highest BCUT2D eigenvalue weighted by Gasteiger charge is 2.45. The lowest BCUT2D eigenvalue weighted by molar-refractivity contribution is -0.119. The summed E-state index contributed by atoms with van der Waals surface area (Å²) in [5.41, 5.74) is 0.952. The number of phenols is 1. The van der Waals surface area contributed by atoms with E-state index in [-0.39, 0.29) is 22.1 Å². The average Bonchev–Trinajstić information content (AvgIpc) is 2.94. The fourth-order valence-corrected chi connectivity index (χ4v) is 3.39. The normalized spacial score (nSPS) is 16.8. The first-order valence-electron chi connectivity index (χ1n) is 8.69. The van der Waals surface area contributed by atoms with Crippen molar-refractivity contribution in [3.05, 3.63) is 64.4 Å². The summed E-state index contributed by atoms with van der Waals surface area (Å²) in [6, 6.07) is 10.3. The molecule has 0 radical (unpaired) electrons.